The van der Waals surface area contributed by atoms with Crippen molar-refractivity contribution in [2.75, 3.05) is 20.3 Å². The summed E-state index contributed by atoms with van der Waals surface area (Å²) < 4.78 is 31.6. The van der Waals surface area contributed by atoms with Crippen molar-refractivity contribution in [2.24, 2.45) is 0 Å². The van der Waals surface area contributed by atoms with Crippen LogP contribution < -0.4 is 10.2 Å². The van der Waals surface area contributed by atoms with E-state index < -0.39 is 7.60 Å². The third-order valence-corrected chi connectivity index (χ3v) is 6.26. The van der Waals surface area contributed by atoms with Gasteiger partial charge >= 0.3 is 7.60 Å². The van der Waals surface area contributed by atoms with Crippen molar-refractivity contribution < 1.29 is 18.3 Å². The van der Waals surface area contributed by atoms with Gasteiger partial charge in [-0.3, -0.25) is 4.57 Å². The number of hydrogen-bond donors (Lipinski definition) is 0. The maximum Gasteiger partial charge on any atom is 0.382 e. The molecule has 8 heteroatoms. The lowest BCUT2D eigenvalue weighted by molar-refractivity contribution is 0.229. The van der Waals surface area contributed by atoms with E-state index in [1.807, 2.05) is 43.3 Å². The second-order valence-corrected chi connectivity index (χ2v) is 8.01. The molecule has 0 N–H and O–H groups in total. The molecule has 0 aliphatic rings. The quantitative estimate of drug-likeness (QED) is 0.528. The van der Waals surface area contributed by atoms with E-state index in [4.69, 9.17) is 13.8 Å². The van der Waals surface area contributed by atoms with Crippen molar-refractivity contribution in [1.82, 2.24) is 15.0 Å². The highest BCUT2D eigenvalue weighted by atomic mass is 31.2. The van der Waals surface area contributed by atoms with Crippen LogP contribution in [-0.2, 0) is 13.6 Å². The average molecular weight is 401 g/mol. The lowest BCUT2D eigenvalue weighted by atomic mass is 10.1. The molecular formula is C20H24N3O4P. The summed E-state index contributed by atoms with van der Waals surface area (Å²) in [5.41, 5.74) is 3.37. The molecule has 0 spiro atoms. The van der Waals surface area contributed by atoms with E-state index in [9.17, 15) is 4.57 Å². The Kier molecular flexibility index (Phi) is 6.29. The number of ether oxygens (including phenoxy) is 1. The molecule has 0 aliphatic carbocycles. The lowest BCUT2D eigenvalue weighted by Crippen LogP contribution is -2.22. The van der Waals surface area contributed by atoms with Crippen LogP contribution >= 0.6 is 7.60 Å². The average Bonchev–Trinajstić information content (AvgIpc) is 3.15. The van der Waals surface area contributed by atoms with Gasteiger partial charge in [0.05, 0.1) is 26.0 Å². The van der Waals surface area contributed by atoms with Crippen molar-refractivity contribution in [3.63, 3.8) is 0 Å². The molecule has 3 rings (SSSR count). The van der Waals surface area contributed by atoms with E-state index in [1.165, 1.54) is 4.68 Å². The van der Waals surface area contributed by atoms with E-state index >= 15 is 0 Å². The van der Waals surface area contributed by atoms with Crippen molar-refractivity contribution in [2.45, 2.75) is 20.8 Å². The highest BCUT2D eigenvalue weighted by Gasteiger charge is 2.36. The summed E-state index contributed by atoms with van der Waals surface area (Å²) in [4.78, 5) is 0. The summed E-state index contributed by atoms with van der Waals surface area (Å²) in [7, 11) is -2.05. The largest absolute Gasteiger partial charge is 0.497 e. The molecule has 0 amide bonds. The zero-order valence-electron chi connectivity index (χ0n) is 16.5. The minimum absolute atomic E-state index is 0.235. The zero-order valence-corrected chi connectivity index (χ0v) is 17.3. The predicted octanol–water partition coefficient (Wildman–Crippen LogP) is 4.14. The molecule has 3 aromatic rings. The van der Waals surface area contributed by atoms with E-state index in [-0.39, 0.29) is 13.2 Å². The van der Waals surface area contributed by atoms with Gasteiger partial charge in [-0.1, -0.05) is 35.0 Å². The first kappa shape index (κ1) is 20.3. The van der Waals surface area contributed by atoms with Gasteiger partial charge in [0.15, 0.2) is 5.44 Å². The Morgan fingerprint density at radius 1 is 0.964 bits per heavy atom. The Labute approximate surface area is 164 Å². The number of rotatable bonds is 8. The van der Waals surface area contributed by atoms with E-state index in [2.05, 4.69) is 10.3 Å². The van der Waals surface area contributed by atoms with Crippen LogP contribution in [0.2, 0.25) is 0 Å². The fourth-order valence-electron chi connectivity index (χ4n) is 2.82. The molecule has 0 radical (unpaired) electrons. The summed E-state index contributed by atoms with van der Waals surface area (Å²) in [5.74, 6) is 0.710. The molecule has 148 valence electrons. The molecule has 0 unspecified atom stereocenters. The van der Waals surface area contributed by atoms with Crippen molar-refractivity contribution in [3.8, 4) is 22.7 Å². The second kappa shape index (κ2) is 8.69. The number of methoxy groups -OCH3 is 1. The van der Waals surface area contributed by atoms with Crippen molar-refractivity contribution >= 4 is 13.0 Å². The summed E-state index contributed by atoms with van der Waals surface area (Å²) >= 11 is 0. The van der Waals surface area contributed by atoms with Gasteiger partial charge in [0.25, 0.3) is 0 Å². The van der Waals surface area contributed by atoms with Gasteiger partial charge in [-0.15, -0.1) is 5.10 Å². The fourth-order valence-corrected chi connectivity index (χ4v) is 4.64. The standard InChI is InChI=1S/C20H24N3O4P/c1-5-26-28(24,27-6-2)20-19(16-9-7-15(3)8-10-16)21-22-23(20)17-11-13-18(25-4)14-12-17/h7-14H,5-6H2,1-4H3. The monoisotopic (exact) mass is 401 g/mol. The van der Waals surface area contributed by atoms with Crippen LogP contribution in [0.5, 0.6) is 5.75 Å². The Morgan fingerprint density at radius 3 is 2.11 bits per heavy atom. The topological polar surface area (TPSA) is 75.5 Å². The van der Waals surface area contributed by atoms with Gasteiger partial charge in [0.2, 0.25) is 0 Å². The fraction of sp³-hybridized carbons (Fsp3) is 0.300. The second-order valence-electron chi connectivity index (χ2n) is 6.07. The molecule has 0 saturated carbocycles. The molecule has 2 aromatic carbocycles. The molecule has 0 atom stereocenters. The molecule has 0 bridgehead atoms. The first-order valence-electron chi connectivity index (χ1n) is 9.09. The highest BCUT2D eigenvalue weighted by Crippen LogP contribution is 2.49. The molecule has 1 aromatic heterocycles. The molecule has 1 heterocycles. The first-order chi connectivity index (χ1) is 13.5. The predicted molar refractivity (Wildman–Crippen MR) is 109 cm³/mol. The third-order valence-electron chi connectivity index (χ3n) is 4.15. The normalized spacial score (nSPS) is 11.6. The van der Waals surface area contributed by atoms with Crippen LogP contribution in [0.4, 0.5) is 0 Å². The first-order valence-corrected chi connectivity index (χ1v) is 10.6. The Hall–Kier alpha value is -2.47. The number of aromatic nitrogens is 3. The van der Waals surface area contributed by atoms with Crippen LogP contribution in [0.1, 0.15) is 19.4 Å². The van der Waals surface area contributed by atoms with Crippen molar-refractivity contribution in [3.05, 3.63) is 54.1 Å². The van der Waals surface area contributed by atoms with E-state index in [0.717, 1.165) is 11.1 Å². The van der Waals surface area contributed by atoms with Gasteiger partial charge in [-0.2, -0.15) is 0 Å². The SMILES string of the molecule is CCOP(=O)(OCC)c1c(-c2ccc(C)cc2)nnn1-c1ccc(OC)cc1. The number of aryl methyl sites for hydroxylation is 1. The summed E-state index contributed by atoms with van der Waals surface area (Å²) in [6, 6.07) is 15.0. The van der Waals surface area contributed by atoms with Gasteiger partial charge in [-0.25, -0.2) is 4.68 Å². The molecule has 0 fully saturated rings. The van der Waals surface area contributed by atoms with Crippen LogP contribution in [0.3, 0.4) is 0 Å². The maximum absolute atomic E-state index is 13.7. The molecule has 0 aliphatic heterocycles. The molecule has 7 nitrogen and oxygen atoms in total. The van der Waals surface area contributed by atoms with Crippen molar-refractivity contribution in [1.29, 1.82) is 0 Å². The summed E-state index contributed by atoms with van der Waals surface area (Å²) in [6.45, 7) is 6.03. The minimum Gasteiger partial charge on any atom is -0.497 e. The smallest absolute Gasteiger partial charge is 0.382 e. The minimum atomic E-state index is -3.65. The van der Waals surface area contributed by atoms with Gasteiger partial charge in [0, 0.05) is 5.56 Å². The summed E-state index contributed by atoms with van der Waals surface area (Å²) in [6.07, 6.45) is 0. The Morgan fingerprint density at radius 2 is 1.57 bits per heavy atom. The maximum atomic E-state index is 13.7. The molecule has 0 saturated heterocycles. The van der Waals surface area contributed by atoms with Crippen LogP contribution in [0, 0.1) is 6.92 Å². The molecular weight excluding hydrogens is 377 g/mol. The van der Waals surface area contributed by atoms with Crippen LogP contribution in [0.15, 0.2) is 48.5 Å². The van der Waals surface area contributed by atoms with Crippen LogP contribution in [-0.4, -0.2) is 35.3 Å². The lowest BCUT2D eigenvalue weighted by Gasteiger charge is -2.19. The molecule has 28 heavy (non-hydrogen) atoms. The van der Waals surface area contributed by atoms with E-state index in [0.29, 0.717) is 22.6 Å². The van der Waals surface area contributed by atoms with Gasteiger partial charge in [-0.05, 0) is 45.0 Å². The number of benzene rings is 2. The Bertz CT molecular complexity index is 958. The third kappa shape index (κ3) is 4.02. The Balaban J connectivity index is 2.22. The van der Waals surface area contributed by atoms with Crippen LogP contribution in [0.25, 0.3) is 16.9 Å². The number of hydrogen-bond acceptors (Lipinski definition) is 6. The highest BCUT2D eigenvalue weighted by molar-refractivity contribution is 7.62. The van der Waals surface area contributed by atoms with Gasteiger partial charge < -0.3 is 13.8 Å². The van der Waals surface area contributed by atoms with Gasteiger partial charge in [0.1, 0.15) is 11.4 Å². The zero-order chi connectivity index (χ0) is 20.1. The van der Waals surface area contributed by atoms with E-state index in [1.54, 1.807) is 33.1 Å². The number of nitrogens with zero attached hydrogens (tertiary/aromatic N) is 3. The summed E-state index contributed by atoms with van der Waals surface area (Å²) in [5, 5.41) is 8.58.